The third kappa shape index (κ3) is 3.42. The van der Waals surface area contributed by atoms with E-state index in [0.717, 1.165) is 0 Å². The molecule has 0 saturated heterocycles. The predicted molar refractivity (Wildman–Crippen MR) is 182 cm³/mol. The molecule has 0 atom stereocenters. The molecule has 0 saturated carbocycles. The molecule has 0 amide bonds. The Balaban J connectivity index is 1.62. The van der Waals surface area contributed by atoms with Crippen molar-refractivity contribution in [2.24, 2.45) is 0 Å². The number of hydrogen-bond donors (Lipinski definition) is 0. The summed E-state index contributed by atoms with van der Waals surface area (Å²) in [6.45, 7) is 0. The van der Waals surface area contributed by atoms with Crippen molar-refractivity contribution in [3.63, 3.8) is 0 Å². The van der Waals surface area contributed by atoms with Crippen LogP contribution >= 0.6 is 0 Å². The molecule has 0 radical (unpaired) electrons. The fraction of sp³-hybridized carbons (Fsp3) is 0. The van der Waals surface area contributed by atoms with E-state index in [1.54, 1.807) is 0 Å². The van der Waals surface area contributed by atoms with E-state index in [2.05, 4.69) is 0 Å². The van der Waals surface area contributed by atoms with Gasteiger partial charge in [0.2, 0.25) is 0 Å². The molecule has 0 aliphatic rings. The quantitative estimate of drug-likeness (QED) is 0.147. The van der Waals surface area contributed by atoms with E-state index in [9.17, 15) is 13.7 Å². The first kappa shape index (κ1) is 9.28. The molecule has 0 aliphatic carbocycles. The SMILES string of the molecule is [2H]c1c([2H])c([2H])c2c(-c3c([2H])c([2H])c4c(c3[2H])c([2H])c([2H])c3c([2H])c([2H])c([2H])c([2H])c34)c3c([2H])c([2H])c([2H])c([2H])c3c(-c3c([2H])c([2H])c4c(c3[2H])c([2H])c([2H])c3c([2H])c([2H])c([2H])c([2H])c34)c2c1[2H]. The van der Waals surface area contributed by atoms with Crippen molar-refractivity contribution in [2.45, 2.75) is 0 Å². The topological polar surface area (TPSA) is 0 Å². The summed E-state index contributed by atoms with van der Waals surface area (Å²) >= 11 is 0. The third-order valence-electron chi connectivity index (χ3n) is 7.00. The molecule has 42 heavy (non-hydrogen) atoms. The van der Waals surface area contributed by atoms with Gasteiger partial charge in [0.15, 0.2) is 0 Å². The van der Waals surface area contributed by atoms with Gasteiger partial charge in [0.25, 0.3) is 0 Å². The molecule has 9 aromatic rings. The molecule has 9 rings (SSSR count). The molecular formula is C42H26. The van der Waals surface area contributed by atoms with Gasteiger partial charge in [-0.15, -0.1) is 0 Å². The molecule has 0 heterocycles. The normalized spacial score (nSPS) is 20.5. The average Bonchev–Trinajstić information content (AvgIpc) is 3.30. The van der Waals surface area contributed by atoms with E-state index in [0.29, 0.717) is 0 Å². The highest BCUT2D eigenvalue weighted by molar-refractivity contribution is 6.23. The first-order valence-electron chi connectivity index (χ1n) is 25.5. The second-order valence-corrected chi connectivity index (χ2v) is 9.25. The van der Waals surface area contributed by atoms with Crippen molar-refractivity contribution in [1.82, 2.24) is 0 Å². The summed E-state index contributed by atoms with van der Waals surface area (Å²) in [5.41, 5.74) is -2.97. The van der Waals surface area contributed by atoms with Crippen molar-refractivity contribution >= 4 is 64.6 Å². The van der Waals surface area contributed by atoms with Gasteiger partial charge in [-0.05, 0) is 99.0 Å². The first-order chi connectivity index (χ1) is 31.7. The second kappa shape index (κ2) is 9.03. The monoisotopic (exact) mass is 556 g/mol. The number of hydrogen-bond acceptors (Lipinski definition) is 0. The van der Waals surface area contributed by atoms with Gasteiger partial charge in [-0.25, -0.2) is 0 Å². The van der Waals surface area contributed by atoms with Crippen LogP contribution in [0.3, 0.4) is 0 Å². The molecule has 9 aromatic carbocycles. The van der Waals surface area contributed by atoms with Crippen LogP contribution in [0.1, 0.15) is 35.6 Å². The van der Waals surface area contributed by atoms with Crippen molar-refractivity contribution < 1.29 is 35.6 Å². The zero-order valence-electron chi connectivity index (χ0n) is 47.0. The molecule has 0 nitrogen and oxygen atoms in total. The summed E-state index contributed by atoms with van der Waals surface area (Å²) in [5, 5.41) is -7.16. The van der Waals surface area contributed by atoms with Crippen LogP contribution in [0.15, 0.2) is 157 Å². The number of rotatable bonds is 2. The van der Waals surface area contributed by atoms with E-state index in [4.69, 9.17) is 21.9 Å². The summed E-state index contributed by atoms with van der Waals surface area (Å²) in [7, 11) is 0. The number of benzene rings is 9. The lowest BCUT2D eigenvalue weighted by molar-refractivity contribution is 1.69. The van der Waals surface area contributed by atoms with Crippen LogP contribution in [-0.2, 0) is 0 Å². The summed E-state index contributed by atoms with van der Waals surface area (Å²) in [5.74, 6) is 0. The Kier molecular flexibility index (Phi) is 1.99. The predicted octanol–water partition coefficient (Wildman–Crippen LogP) is 11.9. The maximum atomic E-state index is 9.65. The fourth-order valence-corrected chi connectivity index (χ4v) is 5.19. The Morgan fingerprint density at radius 3 is 0.976 bits per heavy atom. The minimum atomic E-state index is -0.983. The third-order valence-corrected chi connectivity index (χ3v) is 7.00. The van der Waals surface area contributed by atoms with Gasteiger partial charge in [-0.2, -0.15) is 0 Å². The number of fused-ring (bicyclic) bond motifs is 8. The van der Waals surface area contributed by atoms with Crippen LogP contribution in [-0.4, -0.2) is 0 Å². The molecule has 0 aliphatic heterocycles. The molecule has 0 fully saturated rings. The minimum Gasteiger partial charge on any atom is -0.0616 e. The van der Waals surface area contributed by atoms with Crippen molar-refractivity contribution in [3.05, 3.63) is 157 Å². The van der Waals surface area contributed by atoms with Crippen molar-refractivity contribution in [1.29, 1.82) is 0 Å². The van der Waals surface area contributed by atoms with Crippen molar-refractivity contribution in [2.75, 3.05) is 0 Å². The minimum absolute atomic E-state index is 0.485. The van der Waals surface area contributed by atoms with Crippen LogP contribution < -0.4 is 0 Å². The Labute approximate surface area is 280 Å². The molecule has 0 bridgehead atoms. The van der Waals surface area contributed by atoms with E-state index in [1.165, 1.54) is 0 Å². The van der Waals surface area contributed by atoms with Crippen LogP contribution in [0.25, 0.3) is 86.9 Å². The van der Waals surface area contributed by atoms with E-state index < -0.39 is 244 Å². The highest BCUT2D eigenvalue weighted by atomic mass is 14.2. The second-order valence-electron chi connectivity index (χ2n) is 9.25. The Morgan fingerprint density at radius 1 is 0.262 bits per heavy atom. The van der Waals surface area contributed by atoms with E-state index in [-0.39, 0.29) is 0 Å². The molecule has 0 aromatic heterocycles. The van der Waals surface area contributed by atoms with E-state index in [1.807, 2.05) is 0 Å². The zero-order chi connectivity index (χ0) is 50.2. The van der Waals surface area contributed by atoms with Gasteiger partial charge in [-0.1, -0.05) is 145 Å². The molecule has 0 spiro atoms. The first-order valence-corrected chi connectivity index (χ1v) is 12.5. The lowest BCUT2D eigenvalue weighted by Gasteiger charge is -2.18. The van der Waals surface area contributed by atoms with Crippen LogP contribution in [0, 0.1) is 0 Å². The van der Waals surface area contributed by atoms with Crippen molar-refractivity contribution in [3.8, 4) is 22.3 Å². The zero-order valence-corrected chi connectivity index (χ0v) is 21.0. The van der Waals surface area contributed by atoms with Gasteiger partial charge in [0.05, 0.1) is 35.6 Å². The maximum Gasteiger partial charge on any atom is 0.0636 e. The molecule has 194 valence electrons. The van der Waals surface area contributed by atoms with Gasteiger partial charge >= 0.3 is 0 Å². The van der Waals surface area contributed by atoms with Gasteiger partial charge in [0, 0.05) is 0 Å². The summed E-state index contributed by atoms with van der Waals surface area (Å²) in [4.78, 5) is 0. The molecule has 0 unspecified atom stereocenters. The lowest BCUT2D eigenvalue weighted by Crippen LogP contribution is -1.91. The summed E-state index contributed by atoms with van der Waals surface area (Å²) in [6, 6.07) is -22.9. The van der Waals surface area contributed by atoms with Gasteiger partial charge < -0.3 is 0 Å². The highest BCUT2D eigenvalue weighted by Crippen LogP contribution is 2.45. The van der Waals surface area contributed by atoms with Crippen LogP contribution in [0.2, 0.25) is 0 Å². The molecular weight excluding hydrogens is 504 g/mol. The Morgan fingerprint density at radius 2 is 0.571 bits per heavy atom. The largest absolute Gasteiger partial charge is 0.0636 e. The molecule has 0 heteroatoms. The molecule has 0 N–H and O–H groups in total. The average molecular weight is 557 g/mol. The standard InChI is InChI=1S/C42H26/c1-3-11-33-27(9-1)17-19-29-25-31(21-23-35(29)33)41-37-13-5-7-15-39(37)42(40-16-8-6-14-38(40)41)32-22-24-36-30(26-32)20-18-28-10-2-4-12-34(28)36/h1-26H/i1D,2D,3D,4D,5D,6D,7D,8D,9D,10D,11D,12D,13D,14D,15D,16D,17D,18D,19D,20D,21D,22D,23D,24D,25D,26D. The van der Waals surface area contributed by atoms with E-state index >= 15 is 0 Å². The fourth-order valence-electron chi connectivity index (χ4n) is 5.19. The maximum absolute atomic E-state index is 9.65. The van der Waals surface area contributed by atoms with Crippen LogP contribution in [0.5, 0.6) is 0 Å². The summed E-state index contributed by atoms with van der Waals surface area (Å²) < 4.78 is 233. The lowest BCUT2D eigenvalue weighted by atomic mass is 9.85. The van der Waals surface area contributed by atoms with Gasteiger partial charge in [-0.3, -0.25) is 0 Å². The highest BCUT2D eigenvalue weighted by Gasteiger charge is 2.17. The Bertz CT molecular complexity index is 3630. The van der Waals surface area contributed by atoms with Crippen LogP contribution in [0.4, 0.5) is 0 Å². The van der Waals surface area contributed by atoms with Gasteiger partial charge in [0.1, 0.15) is 0 Å². The smallest absolute Gasteiger partial charge is 0.0616 e. The Hall–Kier alpha value is -5.46. The summed E-state index contributed by atoms with van der Waals surface area (Å²) in [6.07, 6.45) is 0.